The van der Waals surface area contributed by atoms with Crippen LogP contribution in [0, 0.1) is 0 Å². The minimum atomic E-state index is -0.458. The predicted octanol–water partition coefficient (Wildman–Crippen LogP) is 1.50. The van der Waals surface area contributed by atoms with E-state index in [-0.39, 0.29) is 21.6 Å². The molecule has 1 saturated carbocycles. The maximum absolute atomic E-state index is 12.2. The molecule has 1 aliphatic carbocycles. The van der Waals surface area contributed by atoms with Crippen LogP contribution in [0.15, 0.2) is 0 Å². The molecule has 3 nitrogen and oxygen atoms in total. The summed E-state index contributed by atoms with van der Waals surface area (Å²) >= 11 is 1.62. The molecule has 4 heteroatoms. The van der Waals surface area contributed by atoms with E-state index in [4.69, 9.17) is 0 Å². The van der Waals surface area contributed by atoms with Crippen LogP contribution in [0.2, 0.25) is 0 Å². The van der Waals surface area contributed by atoms with Gasteiger partial charge in [0, 0.05) is 11.2 Å². The van der Waals surface area contributed by atoms with E-state index in [1.807, 2.05) is 21.1 Å². The van der Waals surface area contributed by atoms with Crippen molar-refractivity contribution in [3.63, 3.8) is 0 Å². The van der Waals surface area contributed by atoms with E-state index in [1.165, 1.54) is 0 Å². The smallest absolute Gasteiger partial charge is 0.211 e. The van der Waals surface area contributed by atoms with Gasteiger partial charge in [0.25, 0.3) is 0 Å². The molecule has 2 atom stereocenters. The zero-order chi connectivity index (χ0) is 12.7. The molecule has 0 amide bonds. The summed E-state index contributed by atoms with van der Waals surface area (Å²) in [7, 11) is 5.72. The highest BCUT2D eigenvalue weighted by Crippen LogP contribution is 2.36. The first-order chi connectivity index (χ1) is 7.02. The molecule has 0 heterocycles. The van der Waals surface area contributed by atoms with Crippen LogP contribution in [-0.2, 0) is 9.59 Å². The molecule has 0 aliphatic heterocycles. The number of carbonyl (C=O) groups excluding carboxylic acids is 2. The second kappa shape index (κ2) is 4.15. The van der Waals surface area contributed by atoms with E-state index >= 15 is 0 Å². The molecule has 1 aliphatic rings. The highest BCUT2D eigenvalue weighted by molar-refractivity contribution is 8.01. The number of thioether (sulfide) groups is 1. The van der Waals surface area contributed by atoms with Crippen molar-refractivity contribution in [1.82, 2.24) is 0 Å². The summed E-state index contributed by atoms with van der Waals surface area (Å²) in [5, 5.41) is -0.144. The molecule has 0 spiro atoms. The Morgan fingerprint density at radius 3 is 2.00 bits per heavy atom. The number of quaternary nitrogens is 1. The van der Waals surface area contributed by atoms with Crippen LogP contribution in [0.1, 0.15) is 27.2 Å². The van der Waals surface area contributed by atoms with Crippen molar-refractivity contribution in [1.29, 1.82) is 0 Å². The van der Waals surface area contributed by atoms with Gasteiger partial charge in [-0.3, -0.25) is 9.59 Å². The van der Waals surface area contributed by atoms with Crippen molar-refractivity contribution in [3.05, 3.63) is 0 Å². The maximum Gasteiger partial charge on any atom is 0.211 e. The number of nitrogens with zero attached hydrogens (tertiary/aromatic N) is 1. The zero-order valence-electron chi connectivity index (χ0n) is 11.0. The van der Waals surface area contributed by atoms with Crippen molar-refractivity contribution < 1.29 is 14.1 Å². The SMILES string of the molecule is CC(C)(C)SC1CC(=O)C([N+](C)(C)C)C1=O. The molecule has 0 aromatic rings. The van der Waals surface area contributed by atoms with Gasteiger partial charge in [-0.05, 0) is 0 Å². The molecular formula is C12H22NO2S+. The third-order valence-corrected chi connectivity index (χ3v) is 3.94. The van der Waals surface area contributed by atoms with Crippen molar-refractivity contribution in [2.24, 2.45) is 0 Å². The highest BCUT2D eigenvalue weighted by Gasteiger charge is 2.50. The van der Waals surface area contributed by atoms with Crippen LogP contribution in [0.4, 0.5) is 0 Å². The van der Waals surface area contributed by atoms with Crippen molar-refractivity contribution >= 4 is 23.3 Å². The zero-order valence-corrected chi connectivity index (χ0v) is 11.9. The number of carbonyl (C=O) groups is 2. The molecular weight excluding hydrogens is 222 g/mol. The normalized spacial score (nSPS) is 27.6. The fourth-order valence-corrected chi connectivity index (χ4v) is 3.42. The van der Waals surface area contributed by atoms with Gasteiger partial charge in [-0.1, -0.05) is 20.8 Å². The van der Waals surface area contributed by atoms with Gasteiger partial charge in [-0.25, -0.2) is 0 Å². The van der Waals surface area contributed by atoms with Crippen LogP contribution in [0.3, 0.4) is 0 Å². The second-order valence-electron chi connectivity index (χ2n) is 6.31. The first-order valence-corrected chi connectivity index (χ1v) is 6.46. The number of hydrogen-bond acceptors (Lipinski definition) is 3. The lowest BCUT2D eigenvalue weighted by Gasteiger charge is -2.29. The van der Waals surface area contributed by atoms with Gasteiger partial charge in [-0.2, -0.15) is 0 Å². The fourth-order valence-electron chi connectivity index (χ4n) is 2.07. The Hall–Kier alpha value is -0.350. The van der Waals surface area contributed by atoms with Gasteiger partial charge in [0.05, 0.1) is 26.4 Å². The lowest BCUT2D eigenvalue weighted by Crippen LogP contribution is -2.52. The average molecular weight is 244 g/mol. The largest absolute Gasteiger partial charge is 0.316 e. The number of ketones is 2. The third-order valence-electron chi connectivity index (χ3n) is 2.55. The molecule has 16 heavy (non-hydrogen) atoms. The van der Waals surface area contributed by atoms with Gasteiger partial charge < -0.3 is 4.48 Å². The summed E-state index contributed by atoms with van der Waals surface area (Å²) in [6, 6.07) is -0.458. The van der Waals surface area contributed by atoms with Gasteiger partial charge in [-0.15, -0.1) is 11.8 Å². The Bertz CT molecular complexity index is 312. The minimum absolute atomic E-state index is 0.0282. The van der Waals surface area contributed by atoms with Crippen LogP contribution >= 0.6 is 11.8 Å². The molecule has 0 bridgehead atoms. The van der Waals surface area contributed by atoms with Crippen molar-refractivity contribution in [2.75, 3.05) is 21.1 Å². The minimum Gasteiger partial charge on any atom is -0.316 e. The molecule has 2 unspecified atom stereocenters. The van der Waals surface area contributed by atoms with Crippen molar-refractivity contribution in [2.45, 2.75) is 43.2 Å². The first-order valence-electron chi connectivity index (χ1n) is 5.58. The van der Waals surface area contributed by atoms with Gasteiger partial charge >= 0.3 is 0 Å². The first kappa shape index (κ1) is 13.7. The molecule has 0 aromatic carbocycles. The number of Topliss-reactive ketones (excluding diaryl/α,β-unsaturated/α-hetero) is 2. The topological polar surface area (TPSA) is 34.1 Å². The monoisotopic (exact) mass is 244 g/mol. The Morgan fingerprint density at radius 1 is 1.19 bits per heavy atom. The van der Waals surface area contributed by atoms with Gasteiger partial charge in [0.2, 0.25) is 11.8 Å². The summed E-state index contributed by atoms with van der Waals surface area (Å²) in [4.78, 5) is 24.1. The maximum atomic E-state index is 12.2. The van der Waals surface area contributed by atoms with E-state index in [0.717, 1.165) is 0 Å². The summed E-state index contributed by atoms with van der Waals surface area (Å²) < 4.78 is 0.444. The summed E-state index contributed by atoms with van der Waals surface area (Å²) in [6.45, 7) is 6.23. The summed E-state index contributed by atoms with van der Waals surface area (Å²) in [5.74, 6) is 0.205. The Kier molecular flexibility index (Phi) is 3.56. The number of rotatable bonds is 2. The lowest BCUT2D eigenvalue weighted by molar-refractivity contribution is -0.876. The molecule has 0 aromatic heterocycles. The highest BCUT2D eigenvalue weighted by atomic mass is 32.2. The summed E-state index contributed by atoms with van der Waals surface area (Å²) in [6.07, 6.45) is 0.404. The molecule has 0 saturated heterocycles. The fraction of sp³-hybridized carbons (Fsp3) is 0.833. The Morgan fingerprint density at radius 2 is 1.69 bits per heavy atom. The van der Waals surface area contributed by atoms with E-state index in [2.05, 4.69) is 20.8 Å². The molecule has 92 valence electrons. The van der Waals surface area contributed by atoms with Crippen LogP contribution in [-0.4, -0.2) is 53.2 Å². The molecule has 0 N–H and O–H groups in total. The van der Waals surface area contributed by atoms with Crippen LogP contribution < -0.4 is 0 Å². The third kappa shape index (κ3) is 3.08. The van der Waals surface area contributed by atoms with Crippen LogP contribution in [0.25, 0.3) is 0 Å². The number of likely N-dealkylation sites (N-methyl/N-ethyl adjacent to an activating group) is 1. The van der Waals surface area contributed by atoms with Crippen LogP contribution in [0.5, 0.6) is 0 Å². The average Bonchev–Trinajstić information content (AvgIpc) is 2.21. The second-order valence-corrected chi connectivity index (χ2v) is 8.34. The van der Waals surface area contributed by atoms with E-state index in [1.54, 1.807) is 11.8 Å². The molecule has 1 rings (SSSR count). The standard InChI is InChI=1S/C12H22NO2S/c1-12(2,3)16-9-7-8(14)10(11(9)15)13(4,5)6/h9-10H,7H2,1-6H3/q+1. The molecule has 1 fully saturated rings. The van der Waals surface area contributed by atoms with E-state index in [0.29, 0.717) is 10.9 Å². The van der Waals surface area contributed by atoms with E-state index < -0.39 is 6.04 Å². The quantitative estimate of drug-likeness (QED) is 0.545. The predicted molar refractivity (Wildman–Crippen MR) is 67.6 cm³/mol. The Balaban J connectivity index is 2.83. The van der Waals surface area contributed by atoms with Crippen molar-refractivity contribution in [3.8, 4) is 0 Å². The lowest BCUT2D eigenvalue weighted by atomic mass is 10.2. The number of hydrogen-bond donors (Lipinski definition) is 0. The van der Waals surface area contributed by atoms with E-state index in [9.17, 15) is 9.59 Å². The van der Waals surface area contributed by atoms with Gasteiger partial charge in [0.1, 0.15) is 0 Å². The summed E-state index contributed by atoms with van der Waals surface area (Å²) in [5.41, 5.74) is 0. The molecule has 0 radical (unpaired) electrons. The van der Waals surface area contributed by atoms with Gasteiger partial charge in [0.15, 0.2) is 5.78 Å². The Labute approximate surface area is 102 Å².